The smallest absolute Gasteiger partial charge is 0.142 e. The highest BCUT2D eigenvalue weighted by atomic mass is 16.5. The van der Waals surface area contributed by atoms with Crippen molar-refractivity contribution in [2.75, 3.05) is 7.11 Å². The Kier molecular flexibility index (Phi) is 7.97. The maximum Gasteiger partial charge on any atom is 0.142 e. The zero-order chi connectivity index (χ0) is 14.5. The zero-order valence-electron chi connectivity index (χ0n) is 11.5. The van der Waals surface area contributed by atoms with Crippen LogP contribution in [0.3, 0.4) is 0 Å². The van der Waals surface area contributed by atoms with Gasteiger partial charge in [-0.3, -0.25) is 4.79 Å². The molecule has 0 unspecified atom stereocenters. The van der Waals surface area contributed by atoms with Crippen LogP contribution in [0, 0.1) is 0 Å². The van der Waals surface area contributed by atoms with Crippen molar-refractivity contribution in [2.45, 2.75) is 0 Å². The molecule has 0 fully saturated rings. The number of aldehydes is 1. The summed E-state index contributed by atoms with van der Waals surface area (Å²) in [6.45, 7) is 0. The van der Waals surface area contributed by atoms with Crippen molar-refractivity contribution in [3.63, 3.8) is 0 Å². The first kappa shape index (κ1) is 15.4. The van der Waals surface area contributed by atoms with E-state index in [1.54, 1.807) is 19.3 Å². The van der Waals surface area contributed by atoms with Gasteiger partial charge < -0.3 is 4.74 Å². The molecule has 0 amide bonds. The third-order valence-electron chi connectivity index (χ3n) is 2.37. The minimum atomic E-state index is 0.748. The number of carbonyl (C=O) groups excluding carboxylic acids is 1. The minimum Gasteiger partial charge on any atom is -0.497 e. The van der Waals surface area contributed by atoms with E-state index in [0.717, 1.165) is 17.6 Å². The van der Waals surface area contributed by atoms with E-state index in [9.17, 15) is 4.79 Å². The lowest BCUT2D eigenvalue weighted by Crippen LogP contribution is -1.81. The molecule has 2 heteroatoms. The number of allylic oxidation sites excluding steroid dienone is 9. The number of hydrogen-bond donors (Lipinski definition) is 0. The van der Waals surface area contributed by atoms with Crippen molar-refractivity contribution in [2.24, 2.45) is 0 Å². The quantitative estimate of drug-likeness (QED) is 0.421. The molecule has 0 heterocycles. The molecular weight excluding hydrogens is 248 g/mol. The van der Waals surface area contributed by atoms with Crippen LogP contribution in [0.2, 0.25) is 0 Å². The average molecular weight is 266 g/mol. The Balaban J connectivity index is 2.37. The van der Waals surface area contributed by atoms with Gasteiger partial charge in [0.15, 0.2) is 0 Å². The number of carbonyl (C=O) groups is 1. The zero-order valence-corrected chi connectivity index (χ0v) is 11.5. The first-order chi connectivity index (χ1) is 9.86. The van der Waals surface area contributed by atoms with Gasteiger partial charge in [0.1, 0.15) is 12.0 Å². The second kappa shape index (κ2) is 10.3. The molecule has 0 spiro atoms. The van der Waals surface area contributed by atoms with Crippen LogP contribution in [0.4, 0.5) is 0 Å². The standard InChI is InChI=1S/C18H18O2/c1-20-18-14-12-17(13-15-18)11-9-7-5-3-2-4-6-8-10-16-19/h2-16H,1H3/b3-2+,6-4+,7-5+,10-8+,11-9+. The summed E-state index contributed by atoms with van der Waals surface area (Å²) in [5.74, 6) is 0.857. The third-order valence-corrected chi connectivity index (χ3v) is 2.37. The summed E-state index contributed by atoms with van der Waals surface area (Å²) < 4.78 is 5.10. The van der Waals surface area contributed by atoms with Crippen LogP contribution in [-0.4, -0.2) is 13.4 Å². The highest BCUT2D eigenvalue weighted by Crippen LogP contribution is 2.12. The van der Waals surface area contributed by atoms with Gasteiger partial charge in [0.2, 0.25) is 0 Å². The summed E-state index contributed by atoms with van der Waals surface area (Å²) in [4.78, 5) is 10.0. The minimum absolute atomic E-state index is 0.748. The van der Waals surface area contributed by atoms with Crippen molar-refractivity contribution in [3.8, 4) is 5.75 Å². The van der Waals surface area contributed by atoms with E-state index < -0.39 is 0 Å². The van der Waals surface area contributed by atoms with Crippen LogP contribution in [0.5, 0.6) is 5.75 Å². The molecule has 20 heavy (non-hydrogen) atoms. The maximum atomic E-state index is 10.0. The van der Waals surface area contributed by atoms with E-state index in [0.29, 0.717) is 0 Å². The predicted molar refractivity (Wildman–Crippen MR) is 84.7 cm³/mol. The van der Waals surface area contributed by atoms with Gasteiger partial charge in [-0.2, -0.15) is 0 Å². The molecule has 0 aliphatic rings. The van der Waals surface area contributed by atoms with Crippen molar-refractivity contribution in [3.05, 3.63) is 84.5 Å². The third kappa shape index (κ3) is 6.97. The second-order valence-electron chi connectivity index (χ2n) is 3.81. The van der Waals surface area contributed by atoms with Crippen molar-refractivity contribution >= 4 is 12.4 Å². The van der Waals surface area contributed by atoms with E-state index in [-0.39, 0.29) is 0 Å². The summed E-state index contributed by atoms with van der Waals surface area (Å²) in [5.41, 5.74) is 1.12. The Morgan fingerprint density at radius 2 is 1.25 bits per heavy atom. The van der Waals surface area contributed by atoms with Crippen LogP contribution in [0.15, 0.2) is 78.9 Å². The highest BCUT2D eigenvalue weighted by molar-refractivity contribution is 5.65. The van der Waals surface area contributed by atoms with Crippen LogP contribution in [-0.2, 0) is 4.79 Å². The fraction of sp³-hybridized carbons (Fsp3) is 0.0556. The fourth-order valence-electron chi connectivity index (χ4n) is 1.38. The lowest BCUT2D eigenvalue weighted by molar-refractivity contribution is -0.104. The Bertz CT molecular complexity index is 529. The lowest BCUT2D eigenvalue weighted by Gasteiger charge is -1.98. The lowest BCUT2D eigenvalue weighted by atomic mass is 10.2. The molecule has 102 valence electrons. The molecule has 2 nitrogen and oxygen atoms in total. The maximum absolute atomic E-state index is 10.0. The fourth-order valence-corrected chi connectivity index (χ4v) is 1.38. The predicted octanol–water partition coefficient (Wildman–Crippen LogP) is 4.13. The first-order valence-electron chi connectivity index (χ1n) is 6.29. The summed E-state index contributed by atoms with van der Waals surface area (Å²) >= 11 is 0. The molecule has 1 rings (SSSR count). The highest BCUT2D eigenvalue weighted by Gasteiger charge is 1.88. The molecule has 0 aliphatic carbocycles. The SMILES string of the molecule is COc1ccc(/C=C/C=C/C=C/C=C/C=C/C=O)cc1. The Labute approximate surface area is 120 Å². The molecule has 1 aromatic carbocycles. The van der Waals surface area contributed by atoms with Crippen LogP contribution >= 0.6 is 0 Å². The Morgan fingerprint density at radius 3 is 1.75 bits per heavy atom. The molecule has 0 aromatic heterocycles. The second-order valence-corrected chi connectivity index (χ2v) is 3.81. The number of hydrogen-bond acceptors (Lipinski definition) is 2. The number of benzene rings is 1. The van der Waals surface area contributed by atoms with Gasteiger partial charge in [-0.05, 0) is 23.8 Å². The van der Waals surface area contributed by atoms with Gasteiger partial charge in [-0.1, -0.05) is 66.8 Å². The molecule has 0 N–H and O–H groups in total. The van der Waals surface area contributed by atoms with Gasteiger partial charge in [-0.25, -0.2) is 0 Å². The molecule has 0 aliphatic heterocycles. The van der Waals surface area contributed by atoms with Crippen molar-refractivity contribution in [1.82, 2.24) is 0 Å². The average Bonchev–Trinajstić information content (AvgIpc) is 2.50. The number of ether oxygens (including phenoxy) is 1. The van der Waals surface area contributed by atoms with Crippen LogP contribution in [0.25, 0.3) is 6.08 Å². The summed E-state index contributed by atoms with van der Waals surface area (Å²) in [5, 5.41) is 0. The molecule has 0 saturated heterocycles. The molecule has 0 radical (unpaired) electrons. The summed E-state index contributed by atoms with van der Waals surface area (Å²) in [6, 6.07) is 7.87. The molecule has 0 atom stereocenters. The number of methoxy groups -OCH3 is 1. The van der Waals surface area contributed by atoms with Gasteiger partial charge in [0.25, 0.3) is 0 Å². The first-order valence-corrected chi connectivity index (χ1v) is 6.29. The Morgan fingerprint density at radius 1 is 0.750 bits per heavy atom. The molecular formula is C18H18O2. The van der Waals surface area contributed by atoms with Crippen molar-refractivity contribution in [1.29, 1.82) is 0 Å². The van der Waals surface area contributed by atoms with E-state index in [4.69, 9.17) is 4.74 Å². The monoisotopic (exact) mass is 266 g/mol. The normalized spacial score (nSPS) is 12.4. The number of rotatable bonds is 7. The van der Waals surface area contributed by atoms with Gasteiger partial charge >= 0.3 is 0 Å². The molecule has 0 bridgehead atoms. The topological polar surface area (TPSA) is 26.3 Å². The van der Waals surface area contributed by atoms with E-state index >= 15 is 0 Å². The van der Waals surface area contributed by atoms with Crippen LogP contribution in [0.1, 0.15) is 5.56 Å². The largest absolute Gasteiger partial charge is 0.497 e. The molecule has 1 aromatic rings. The van der Waals surface area contributed by atoms with E-state index in [2.05, 4.69) is 0 Å². The van der Waals surface area contributed by atoms with E-state index in [1.807, 2.05) is 66.8 Å². The summed E-state index contributed by atoms with van der Waals surface area (Å²) in [7, 11) is 1.66. The summed E-state index contributed by atoms with van der Waals surface area (Å²) in [6.07, 6.45) is 19.2. The molecule has 0 saturated carbocycles. The van der Waals surface area contributed by atoms with E-state index in [1.165, 1.54) is 6.08 Å². The van der Waals surface area contributed by atoms with Gasteiger partial charge in [0.05, 0.1) is 7.11 Å². The van der Waals surface area contributed by atoms with Gasteiger partial charge in [-0.15, -0.1) is 0 Å². The van der Waals surface area contributed by atoms with Gasteiger partial charge in [0, 0.05) is 0 Å². The van der Waals surface area contributed by atoms with Crippen molar-refractivity contribution < 1.29 is 9.53 Å². The van der Waals surface area contributed by atoms with Crippen LogP contribution < -0.4 is 4.74 Å². The Hall–Kier alpha value is -2.61.